The van der Waals surface area contributed by atoms with Crippen molar-refractivity contribution in [2.75, 3.05) is 13.1 Å². The monoisotopic (exact) mass is 293 g/mol. The van der Waals surface area contributed by atoms with Gasteiger partial charge in [-0.25, -0.2) is 0 Å². The number of aryl methyl sites for hydroxylation is 1. The van der Waals surface area contributed by atoms with Gasteiger partial charge in [-0.15, -0.1) is 11.3 Å². The van der Waals surface area contributed by atoms with Crippen molar-refractivity contribution < 1.29 is 4.79 Å². The van der Waals surface area contributed by atoms with E-state index in [2.05, 4.69) is 31.7 Å². The first-order chi connectivity index (χ1) is 9.60. The van der Waals surface area contributed by atoms with Crippen molar-refractivity contribution in [3.05, 3.63) is 21.9 Å². The summed E-state index contributed by atoms with van der Waals surface area (Å²) in [5, 5.41) is 0. The van der Waals surface area contributed by atoms with Crippen LogP contribution in [0.4, 0.5) is 0 Å². The molecule has 1 saturated carbocycles. The maximum Gasteiger partial charge on any atom is 0.186 e. The van der Waals surface area contributed by atoms with E-state index in [1.807, 2.05) is 6.07 Å². The standard InChI is InChI=1S/C17H27NOS/c1-4-15-9-10-17(20-15)16(19)12-18(11-13(2)3)14-7-5-6-8-14/h9-10,13-14H,4-8,11-12H2,1-3H3. The van der Waals surface area contributed by atoms with E-state index in [0.717, 1.165) is 17.8 Å². The molecule has 0 amide bonds. The molecular weight excluding hydrogens is 266 g/mol. The molecular formula is C17H27NOS. The SMILES string of the molecule is CCc1ccc(C(=O)CN(CC(C)C)C2CCCC2)s1. The number of carbonyl (C=O) groups is 1. The predicted octanol–water partition coefficient (Wildman–Crippen LogP) is 4.39. The lowest BCUT2D eigenvalue weighted by atomic mass is 10.1. The summed E-state index contributed by atoms with van der Waals surface area (Å²) in [4.78, 5) is 17.2. The quantitative estimate of drug-likeness (QED) is 0.695. The molecule has 1 fully saturated rings. The minimum atomic E-state index is 0.308. The van der Waals surface area contributed by atoms with Gasteiger partial charge in [0.2, 0.25) is 0 Å². The number of rotatable bonds is 7. The van der Waals surface area contributed by atoms with Crippen molar-refractivity contribution in [3.63, 3.8) is 0 Å². The molecule has 1 heterocycles. The Morgan fingerprint density at radius 1 is 1.35 bits per heavy atom. The van der Waals surface area contributed by atoms with Crippen LogP contribution >= 0.6 is 11.3 Å². The molecule has 0 unspecified atom stereocenters. The van der Waals surface area contributed by atoms with Gasteiger partial charge in [0.25, 0.3) is 0 Å². The number of carbonyl (C=O) groups excluding carboxylic acids is 1. The first-order valence-corrected chi connectivity index (χ1v) is 8.77. The maximum atomic E-state index is 12.5. The van der Waals surface area contributed by atoms with Crippen LogP contribution in [0.5, 0.6) is 0 Å². The van der Waals surface area contributed by atoms with Crippen molar-refractivity contribution in [2.24, 2.45) is 5.92 Å². The van der Waals surface area contributed by atoms with E-state index in [4.69, 9.17) is 0 Å². The fraction of sp³-hybridized carbons (Fsp3) is 0.706. The molecule has 1 aromatic heterocycles. The van der Waals surface area contributed by atoms with Crippen LogP contribution in [0.25, 0.3) is 0 Å². The van der Waals surface area contributed by atoms with Gasteiger partial charge in [0.1, 0.15) is 0 Å². The van der Waals surface area contributed by atoms with Gasteiger partial charge >= 0.3 is 0 Å². The second kappa shape index (κ2) is 7.37. The van der Waals surface area contributed by atoms with Gasteiger partial charge in [-0.2, -0.15) is 0 Å². The van der Waals surface area contributed by atoms with E-state index in [-0.39, 0.29) is 0 Å². The number of nitrogens with zero attached hydrogens (tertiary/aromatic N) is 1. The first-order valence-electron chi connectivity index (χ1n) is 7.96. The topological polar surface area (TPSA) is 20.3 Å². The molecule has 0 spiro atoms. The molecule has 2 nitrogen and oxygen atoms in total. The molecule has 0 aliphatic heterocycles. The molecule has 0 bridgehead atoms. The molecule has 0 atom stereocenters. The lowest BCUT2D eigenvalue weighted by molar-refractivity contribution is 0.0880. The van der Waals surface area contributed by atoms with Gasteiger partial charge < -0.3 is 0 Å². The second-order valence-corrected chi connectivity index (χ2v) is 7.47. The molecule has 112 valence electrons. The summed E-state index contributed by atoms with van der Waals surface area (Å²) < 4.78 is 0. The van der Waals surface area contributed by atoms with Crippen LogP contribution in [-0.2, 0) is 6.42 Å². The Kier molecular flexibility index (Phi) is 5.79. The van der Waals surface area contributed by atoms with Crippen LogP contribution in [-0.4, -0.2) is 29.8 Å². The van der Waals surface area contributed by atoms with Gasteiger partial charge in [-0.05, 0) is 37.3 Å². The fourth-order valence-electron chi connectivity index (χ4n) is 3.06. The summed E-state index contributed by atoms with van der Waals surface area (Å²) >= 11 is 1.67. The van der Waals surface area contributed by atoms with E-state index in [0.29, 0.717) is 24.3 Å². The Bertz CT molecular complexity index is 432. The minimum Gasteiger partial charge on any atom is -0.293 e. The molecule has 20 heavy (non-hydrogen) atoms. The number of ketones is 1. The molecule has 0 N–H and O–H groups in total. The van der Waals surface area contributed by atoms with Crippen molar-refractivity contribution >= 4 is 17.1 Å². The number of hydrogen-bond acceptors (Lipinski definition) is 3. The third-order valence-corrected chi connectivity index (χ3v) is 5.34. The van der Waals surface area contributed by atoms with Crippen LogP contribution in [0, 0.1) is 5.92 Å². The molecule has 2 rings (SSSR count). The van der Waals surface area contributed by atoms with Crippen molar-refractivity contribution in [2.45, 2.75) is 58.9 Å². The lowest BCUT2D eigenvalue weighted by Gasteiger charge is -2.29. The molecule has 1 aliphatic carbocycles. The van der Waals surface area contributed by atoms with Gasteiger partial charge in [-0.1, -0.05) is 33.6 Å². The summed E-state index contributed by atoms with van der Waals surface area (Å²) in [6, 6.07) is 4.74. The summed E-state index contributed by atoms with van der Waals surface area (Å²) in [6.45, 7) is 8.28. The number of thiophene rings is 1. The minimum absolute atomic E-state index is 0.308. The zero-order valence-corrected chi connectivity index (χ0v) is 13.8. The highest BCUT2D eigenvalue weighted by atomic mass is 32.1. The van der Waals surface area contributed by atoms with Crippen LogP contribution in [0.15, 0.2) is 12.1 Å². The van der Waals surface area contributed by atoms with Crippen molar-refractivity contribution in [1.29, 1.82) is 0 Å². The Labute approximate surface area is 127 Å². The largest absolute Gasteiger partial charge is 0.293 e. The van der Waals surface area contributed by atoms with Gasteiger partial charge in [-0.3, -0.25) is 9.69 Å². The average molecular weight is 293 g/mol. The van der Waals surface area contributed by atoms with Gasteiger partial charge in [0.15, 0.2) is 5.78 Å². The zero-order valence-electron chi connectivity index (χ0n) is 13.0. The van der Waals surface area contributed by atoms with Crippen LogP contribution in [0.3, 0.4) is 0 Å². The van der Waals surface area contributed by atoms with E-state index >= 15 is 0 Å². The summed E-state index contributed by atoms with van der Waals surface area (Å²) in [5.41, 5.74) is 0. The molecule has 1 aromatic rings. The third-order valence-electron chi connectivity index (χ3n) is 4.07. The number of Topliss-reactive ketones (excluding diaryl/α,β-unsaturated/α-hetero) is 1. The highest BCUT2D eigenvalue weighted by molar-refractivity contribution is 7.14. The highest BCUT2D eigenvalue weighted by Crippen LogP contribution is 2.25. The van der Waals surface area contributed by atoms with Gasteiger partial charge in [0, 0.05) is 17.5 Å². The Balaban J connectivity index is 2.00. The Morgan fingerprint density at radius 3 is 2.60 bits per heavy atom. The molecule has 0 saturated heterocycles. The Hall–Kier alpha value is -0.670. The van der Waals surface area contributed by atoms with E-state index in [1.54, 1.807) is 11.3 Å². The van der Waals surface area contributed by atoms with E-state index < -0.39 is 0 Å². The van der Waals surface area contributed by atoms with Crippen molar-refractivity contribution in [3.8, 4) is 0 Å². The smallest absolute Gasteiger partial charge is 0.186 e. The first kappa shape index (κ1) is 15.7. The number of hydrogen-bond donors (Lipinski definition) is 0. The van der Waals surface area contributed by atoms with Crippen LogP contribution < -0.4 is 0 Å². The maximum absolute atomic E-state index is 12.5. The molecule has 0 aromatic carbocycles. The third kappa shape index (κ3) is 4.16. The zero-order chi connectivity index (χ0) is 14.5. The van der Waals surface area contributed by atoms with E-state index in [1.165, 1.54) is 30.6 Å². The van der Waals surface area contributed by atoms with Crippen molar-refractivity contribution in [1.82, 2.24) is 4.90 Å². The fourth-order valence-corrected chi connectivity index (χ4v) is 3.94. The highest BCUT2D eigenvalue weighted by Gasteiger charge is 2.25. The average Bonchev–Trinajstić information content (AvgIpc) is 3.08. The van der Waals surface area contributed by atoms with Crippen LogP contribution in [0.2, 0.25) is 0 Å². The summed E-state index contributed by atoms with van der Waals surface area (Å²) in [6.07, 6.45) is 6.21. The lowest BCUT2D eigenvalue weighted by Crippen LogP contribution is -2.39. The summed E-state index contributed by atoms with van der Waals surface area (Å²) in [5.74, 6) is 0.931. The van der Waals surface area contributed by atoms with Gasteiger partial charge in [0.05, 0.1) is 11.4 Å². The summed E-state index contributed by atoms with van der Waals surface area (Å²) in [7, 11) is 0. The predicted molar refractivity (Wildman–Crippen MR) is 86.7 cm³/mol. The van der Waals surface area contributed by atoms with E-state index in [9.17, 15) is 4.79 Å². The molecule has 1 aliphatic rings. The second-order valence-electron chi connectivity index (χ2n) is 6.30. The Morgan fingerprint density at radius 2 is 2.05 bits per heavy atom. The molecule has 0 radical (unpaired) electrons. The van der Waals surface area contributed by atoms with Crippen LogP contribution in [0.1, 0.15) is 61.0 Å². The normalized spacial score (nSPS) is 16.4. The molecule has 3 heteroatoms.